The Morgan fingerprint density at radius 1 is 1.50 bits per heavy atom. The molecule has 1 N–H and O–H groups in total. The van der Waals surface area contributed by atoms with Gasteiger partial charge in [0.25, 0.3) is 0 Å². The van der Waals surface area contributed by atoms with Gasteiger partial charge in [-0.1, -0.05) is 6.07 Å². The van der Waals surface area contributed by atoms with Crippen LogP contribution in [0.1, 0.15) is 5.56 Å². The maximum absolute atomic E-state index is 12.9. The Morgan fingerprint density at radius 2 is 2.31 bits per heavy atom. The number of aliphatic carboxylic acids is 1. The van der Waals surface area contributed by atoms with E-state index in [2.05, 4.69) is 5.10 Å². The van der Waals surface area contributed by atoms with Crippen molar-refractivity contribution >= 4 is 5.97 Å². The van der Waals surface area contributed by atoms with Gasteiger partial charge in [-0.15, -0.1) is 0 Å². The predicted octanol–water partition coefficient (Wildman–Crippen LogP) is 1.64. The van der Waals surface area contributed by atoms with Crippen molar-refractivity contribution in [3.8, 4) is 5.69 Å². The smallest absolute Gasteiger partial charge is 0.307 e. The molecule has 0 atom stereocenters. The topological polar surface area (TPSA) is 55.1 Å². The highest BCUT2D eigenvalue weighted by Gasteiger charge is 2.05. The fourth-order valence-electron chi connectivity index (χ4n) is 1.39. The molecule has 2 aromatic rings. The number of carboxylic acid groups (broad SMARTS) is 1. The number of rotatable bonds is 3. The number of aromatic nitrogens is 2. The predicted molar refractivity (Wildman–Crippen MR) is 54.9 cm³/mol. The Labute approximate surface area is 90.9 Å². The van der Waals surface area contributed by atoms with Crippen molar-refractivity contribution in [1.29, 1.82) is 0 Å². The number of hydrogen-bond acceptors (Lipinski definition) is 2. The summed E-state index contributed by atoms with van der Waals surface area (Å²) in [6, 6.07) is 5.94. The third kappa shape index (κ3) is 2.25. The van der Waals surface area contributed by atoms with Gasteiger partial charge in [0.05, 0.1) is 18.3 Å². The van der Waals surface area contributed by atoms with Gasteiger partial charge in [-0.2, -0.15) is 5.10 Å². The van der Waals surface area contributed by atoms with Crippen LogP contribution >= 0.6 is 0 Å². The first-order valence-electron chi connectivity index (χ1n) is 4.66. The lowest BCUT2D eigenvalue weighted by Crippen LogP contribution is -1.99. The molecule has 2 rings (SSSR count). The average Bonchev–Trinajstić information content (AvgIpc) is 2.65. The molecule has 0 spiro atoms. The highest BCUT2D eigenvalue weighted by Crippen LogP contribution is 2.10. The maximum atomic E-state index is 12.9. The van der Waals surface area contributed by atoms with Crippen molar-refractivity contribution in [3.05, 3.63) is 48.0 Å². The fraction of sp³-hybridized carbons (Fsp3) is 0.0909. The molecule has 0 saturated heterocycles. The lowest BCUT2D eigenvalue weighted by molar-refractivity contribution is -0.136. The van der Waals surface area contributed by atoms with Crippen molar-refractivity contribution in [2.45, 2.75) is 6.42 Å². The van der Waals surface area contributed by atoms with Gasteiger partial charge < -0.3 is 5.11 Å². The molecule has 0 bridgehead atoms. The summed E-state index contributed by atoms with van der Waals surface area (Å²) in [4.78, 5) is 10.5. The summed E-state index contributed by atoms with van der Waals surface area (Å²) in [6.07, 6.45) is 2.94. The van der Waals surface area contributed by atoms with Crippen LogP contribution in [0.15, 0.2) is 36.7 Å². The minimum Gasteiger partial charge on any atom is -0.481 e. The normalized spacial score (nSPS) is 10.3. The van der Waals surface area contributed by atoms with Crippen LogP contribution in [0.5, 0.6) is 0 Å². The zero-order chi connectivity index (χ0) is 11.5. The summed E-state index contributed by atoms with van der Waals surface area (Å²) in [5, 5.41) is 12.6. The number of halogens is 1. The first kappa shape index (κ1) is 10.4. The van der Waals surface area contributed by atoms with E-state index in [4.69, 9.17) is 5.11 Å². The van der Waals surface area contributed by atoms with E-state index in [1.807, 2.05) is 0 Å². The lowest BCUT2D eigenvalue weighted by Gasteiger charge is -1.99. The van der Waals surface area contributed by atoms with Crippen molar-refractivity contribution in [3.63, 3.8) is 0 Å². The fourth-order valence-corrected chi connectivity index (χ4v) is 1.39. The maximum Gasteiger partial charge on any atom is 0.307 e. The van der Waals surface area contributed by atoms with E-state index >= 15 is 0 Å². The van der Waals surface area contributed by atoms with Crippen molar-refractivity contribution in [2.75, 3.05) is 0 Å². The molecule has 16 heavy (non-hydrogen) atoms. The van der Waals surface area contributed by atoms with Gasteiger partial charge in [0, 0.05) is 11.8 Å². The highest BCUT2D eigenvalue weighted by molar-refractivity contribution is 5.69. The third-order valence-corrected chi connectivity index (χ3v) is 2.06. The van der Waals surface area contributed by atoms with Crippen LogP contribution in [-0.4, -0.2) is 20.9 Å². The van der Waals surface area contributed by atoms with Gasteiger partial charge in [0.1, 0.15) is 5.82 Å². The number of benzene rings is 1. The molecule has 0 aliphatic carbocycles. The molecular weight excluding hydrogens is 211 g/mol. The molecule has 82 valence electrons. The van der Waals surface area contributed by atoms with E-state index in [0.29, 0.717) is 11.3 Å². The van der Waals surface area contributed by atoms with Gasteiger partial charge in [0.2, 0.25) is 0 Å². The van der Waals surface area contributed by atoms with E-state index in [-0.39, 0.29) is 12.2 Å². The second-order valence-corrected chi connectivity index (χ2v) is 3.34. The first-order chi connectivity index (χ1) is 7.65. The highest BCUT2D eigenvalue weighted by atomic mass is 19.1. The zero-order valence-corrected chi connectivity index (χ0v) is 8.30. The second kappa shape index (κ2) is 4.14. The number of hydrogen-bond donors (Lipinski definition) is 1. The quantitative estimate of drug-likeness (QED) is 0.855. The summed E-state index contributed by atoms with van der Waals surface area (Å²) >= 11 is 0. The first-order valence-corrected chi connectivity index (χ1v) is 4.66. The van der Waals surface area contributed by atoms with Crippen LogP contribution < -0.4 is 0 Å². The number of nitrogens with zero attached hydrogens (tertiary/aromatic N) is 2. The van der Waals surface area contributed by atoms with Crippen molar-refractivity contribution in [1.82, 2.24) is 9.78 Å². The molecule has 0 aliphatic heterocycles. The van der Waals surface area contributed by atoms with Gasteiger partial charge >= 0.3 is 5.97 Å². The largest absolute Gasteiger partial charge is 0.481 e. The van der Waals surface area contributed by atoms with Gasteiger partial charge in [-0.25, -0.2) is 9.07 Å². The van der Waals surface area contributed by atoms with Crippen molar-refractivity contribution in [2.24, 2.45) is 0 Å². The molecule has 0 fully saturated rings. The molecule has 0 radical (unpaired) electrons. The Kier molecular flexibility index (Phi) is 2.68. The number of carbonyl (C=O) groups is 1. The molecule has 0 unspecified atom stereocenters. The van der Waals surface area contributed by atoms with E-state index in [0.717, 1.165) is 0 Å². The molecule has 1 aromatic carbocycles. The molecule has 1 heterocycles. The van der Waals surface area contributed by atoms with Crippen LogP contribution in [-0.2, 0) is 11.2 Å². The molecule has 0 amide bonds. The van der Waals surface area contributed by atoms with E-state index in [9.17, 15) is 9.18 Å². The van der Waals surface area contributed by atoms with E-state index in [1.165, 1.54) is 23.0 Å². The van der Waals surface area contributed by atoms with Gasteiger partial charge in [-0.3, -0.25) is 4.79 Å². The minimum absolute atomic E-state index is 0.0880. The average molecular weight is 220 g/mol. The lowest BCUT2D eigenvalue weighted by atomic mass is 10.2. The zero-order valence-electron chi connectivity index (χ0n) is 8.30. The van der Waals surface area contributed by atoms with Crippen molar-refractivity contribution < 1.29 is 14.3 Å². The van der Waals surface area contributed by atoms with Crippen LogP contribution in [0.3, 0.4) is 0 Å². The summed E-state index contributed by atoms with van der Waals surface area (Å²) in [5.74, 6) is -1.27. The Balaban J connectivity index is 2.28. The summed E-state index contributed by atoms with van der Waals surface area (Å²) in [7, 11) is 0. The monoisotopic (exact) mass is 220 g/mol. The van der Waals surface area contributed by atoms with Crippen LogP contribution in [0, 0.1) is 5.82 Å². The van der Waals surface area contributed by atoms with Crippen LogP contribution in [0.4, 0.5) is 4.39 Å². The molecule has 1 aromatic heterocycles. The van der Waals surface area contributed by atoms with Crippen LogP contribution in [0.2, 0.25) is 0 Å². The molecule has 4 nitrogen and oxygen atoms in total. The second-order valence-electron chi connectivity index (χ2n) is 3.34. The summed E-state index contributed by atoms with van der Waals surface area (Å²) in [6.45, 7) is 0. The molecule has 5 heteroatoms. The van der Waals surface area contributed by atoms with Gasteiger partial charge in [0.15, 0.2) is 0 Å². The standard InChI is InChI=1S/C11H9FN2O2/c12-9-2-1-3-10(5-9)14-7-8(6-13-14)4-11(15)16/h1-3,5-7H,4H2,(H,15,16). The van der Waals surface area contributed by atoms with E-state index < -0.39 is 5.97 Å². The summed E-state index contributed by atoms with van der Waals surface area (Å²) < 4.78 is 14.4. The third-order valence-electron chi connectivity index (χ3n) is 2.06. The van der Waals surface area contributed by atoms with Crippen LogP contribution in [0.25, 0.3) is 5.69 Å². The molecular formula is C11H9FN2O2. The van der Waals surface area contributed by atoms with E-state index in [1.54, 1.807) is 18.3 Å². The molecule has 0 saturated carbocycles. The minimum atomic E-state index is -0.918. The summed E-state index contributed by atoms with van der Waals surface area (Å²) in [5.41, 5.74) is 1.15. The number of carboxylic acids is 1. The Bertz CT molecular complexity index is 522. The Hall–Kier alpha value is -2.17. The SMILES string of the molecule is O=C(O)Cc1cnn(-c2cccc(F)c2)c1. The molecule has 0 aliphatic rings. The van der Waals surface area contributed by atoms with Gasteiger partial charge in [-0.05, 0) is 18.2 Å². The Morgan fingerprint density at radius 3 is 3.00 bits per heavy atom.